The van der Waals surface area contributed by atoms with Crippen LogP contribution >= 0.6 is 11.6 Å². The molecule has 6 heteroatoms. The minimum absolute atomic E-state index is 0.126. The third kappa shape index (κ3) is 2.84. The fourth-order valence-electron chi connectivity index (χ4n) is 2.03. The Balaban J connectivity index is 1.99. The van der Waals surface area contributed by atoms with Crippen LogP contribution in [0.25, 0.3) is 11.0 Å². The highest BCUT2D eigenvalue weighted by Gasteiger charge is 2.17. The zero-order valence-corrected chi connectivity index (χ0v) is 12.5. The van der Waals surface area contributed by atoms with E-state index in [0.717, 1.165) is 0 Å². The van der Waals surface area contributed by atoms with Gasteiger partial charge in [-0.15, -0.1) is 0 Å². The Hall–Kier alpha value is -2.66. The number of nitrogens with zero attached hydrogens (tertiary/aromatic N) is 2. The van der Waals surface area contributed by atoms with Gasteiger partial charge in [0.1, 0.15) is 0 Å². The standard InChI is InChI=1S/C16H12ClN3O2/c1-22-16-14(19-12-7-2-3-8-13(12)20-16)15(21)18-11-6-4-5-10(17)9-11/h2-9H,1H3,(H,18,21). The first-order chi connectivity index (χ1) is 10.7. The van der Waals surface area contributed by atoms with Crippen molar-refractivity contribution in [1.82, 2.24) is 9.97 Å². The number of aromatic nitrogens is 2. The molecule has 1 amide bonds. The Labute approximate surface area is 131 Å². The molecule has 0 radical (unpaired) electrons. The maximum Gasteiger partial charge on any atom is 0.279 e. The molecule has 0 bridgehead atoms. The number of benzene rings is 2. The van der Waals surface area contributed by atoms with Crippen molar-refractivity contribution in [2.75, 3.05) is 12.4 Å². The molecule has 1 heterocycles. The molecule has 0 saturated carbocycles. The molecule has 5 nitrogen and oxygen atoms in total. The van der Waals surface area contributed by atoms with Crippen molar-refractivity contribution < 1.29 is 9.53 Å². The number of carbonyl (C=O) groups is 1. The fourth-order valence-corrected chi connectivity index (χ4v) is 2.22. The lowest BCUT2D eigenvalue weighted by Gasteiger charge is -2.09. The van der Waals surface area contributed by atoms with Gasteiger partial charge in [-0.1, -0.05) is 29.8 Å². The summed E-state index contributed by atoms with van der Waals surface area (Å²) >= 11 is 5.91. The van der Waals surface area contributed by atoms with Gasteiger partial charge in [-0.3, -0.25) is 4.79 Å². The maximum atomic E-state index is 12.4. The van der Waals surface area contributed by atoms with Crippen LogP contribution in [0.15, 0.2) is 48.5 Å². The minimum atomic E-state index is -0.405. The summed E-state index contributed by atoms with van der Waals surface area (Å²) in [7, 11) is 1.45. The predicted molar refractivity (Wildman–Crippen MR) is 85.5 cm³/mol. The van der Waals surface area contributed by atoms with E-state index in [-0.39, 0.29) is 11.6 Å². The normalized spacial score (nSPS) is 10.5. The largest absolute Gasteiger partial charge is 0.479 e. The van der Waals surface area contributed by atoms with E-state index in [2.05, 4.69) is 15.3 Å². The number of amides is 1. The molecule has 3 aromatic rings. The number of hydrogen-bond donors (Lipinski definition) is 1. The second-order valence-corrected chi connectivity index (χ2v) is 4.97. The maximum absolute atomic E-state index is 12.4. The second-order valence-electron chi connectivity index (χ2n) is 4.53. The number of halogens is 1. The molecule has 22 heavy (non-hydrogen) atoms. The van der Waals surface area contributed by atoms with Gasteiger partial charge in [-0.05, 0) is 30.3 Å². The van der Waals surface area contributed by atoms with E-state index in [4.69, 9.17) is 16.3 Å². The van der Waals surface area contributed by atoms with Crippen molar-refractivity contribution in [3.05, 3.63) is 59.2 Å². The number of anilines is 1. The number of nitrogens with one attached hydrogen (secondary N) is 1. The molecule has 0 saturated heterocycles. The average molecular weight is 314 g/mol. The molecule has 0 aliphatic carbocycles. The van der Waals surface area contributed by atoms with Gasteiger partial charge in [-0.2, -0.15) is 0 Å². The van der Waals surface area contributed by atoms with Gasteiger partial charge in [0.2, 0.25) is 5.88 Å². The van der Waals surface area contributed by atoms with Crippen molar-refractivity contribution >= 4 is 34.2 Å². The molecular formula is C16H12ClN3O2. The fraction of sp³-hybridized carbons (Fsp3) is 0.0625. The number of ether oxygens (including phenoxy) is 1. The van der Waals surface area contributed by atoms with Gasteiger partial charge in [0, 0.05) is 10.7 Å². The Morgan fingerprint density at radius 3 is 2.50 bits per heavy atom. The topological polar surface area (TPSA) is 64.1 Å². The van der Waals surface area contributed by atoms with E-state index < -0.39 is 5.91 Å². The van der Waals surface area contributed by atoms with Crippen LogP contribution in [0.2, 0.25) is 5.02 Å². The molecular weight excluding hydrogens is 302 g/mol. The van der Waals surface area contributed by atoms with Gasteiger partial charge in [0.05, 0.1) is 18.1 Å². The van der Waals surface area contributed by atoms with Crippen molar-refractivity contribution in [3.8, 4) is 5.88 Å². The molecule has 110 valence electrons. The third-order valence-corrected chi connectivity index (χ3v) is 3.26. The highest BCUT2D eigenvalue weighted by molar-refractivity contribution is 6.31. The number of methoxy groups -OCH3 is 1. The summed E-state index contributed by atoms with van der Waals surface area (Å²) in [5.41, 5.74) is 1.99. The van der Waals surface area contributed by atoms with Crippen molar-refractivity contribution in [2.24, 2.45) is 0 Å². The average Bonchev–Trinajstić information content (AvgIpc) is 2.53. The van der Waals surface area contributed by atoms with Crippen LogP contribution in [0.3, 0.4) is 0 Å². The van der Waals surface area contributed by atoms with E-state index in [0.29, 0.717) is 21.7 Å². The molecule has 0 spiro atoms. The van der Waals surface area contributed by atoms with Gasteiger partial charge in [-0.25, -0.2) is 9.97 Å². The van der Waals surface area contributed by atoms with Crippen LogP contribution in [-0.4, -0.2) is 23.0 Å². The number of para-hydroxylation sites is 2. The molecule has 0 aliphatic rings. The van der Waals surface area contributed by atoms with Crippen LogP contribution in [-0.2, 0) is 0 Å². The van der Waals surface area contributed by atoms with E-state index in [1.807, 2.05) is 18.2 Å². The molecule has 0 unspecified atom stereocenters. The van der Waals surface area contributed by atoms with Gasteiger partial charge >= 0.3 is 0 Å². The van der Waals surface area contributed by atoms with Crippen molar-refractivity contribution in [3.63, 3.8) is 0 Å². The summed E-state index contributed by atoms with van der Waals surface area (Å²) in [6, 6.07) is 14.2. The Kier molecular flexibility index (Phi) is 3.89. The lowest BCUT2D eigenvalue weighted by Crippen LogP contribution is -2.16. The molecule has 2 aromatic carbocycles. The lowest BCUT2D eigenvalue weighted by atomic mass is 10.2. The monoisotopic (exact) mass is 313 g/mol. The summed E-state index contributed by atoms with van der Waals surface area (Å²) < 4.78 is 5.18. The van der Waals surface area contributed by atoms with Gasteiger partial charge < -0.3 is 10.1 Å². The van der Waals surface area contributed by atoms with E-state index in [9.17, 15) is 4.79 Å². The zero-order valence-electron chi connectivity index (χ0n) is 11.7. The third-order valence-electron chi connectivity index (χ3n) is 3.03. The van der Waals surface area contributed by atoms with Crippen LogP contribution in [0, 0.1) is 0 Å². The molecule has 1 N–H and O–H groups in total. The zero-order chi connectivity index (χ0) is 15.5. The summed E-state index contributed by atoms with van der Waals surface area (Å²) in [6.07, 6.45) is 0. The van der Waals surface area contributed by atoms with Gasteiger partial charge in [0.25, 0.3) is 5.91 Å². The van der Waals surface area contributed by atoms with Crippen LogP contribution < -0.4 is 10.1 Å². The number of carbonyl (C=O) groups excluding carboxylic acids is 1. The molecule has 3 rings (SSSR count). The summed E-state index contributed by atoms with van der Waals surface area (Å²) in [4.78, 5) is 21.0. The SMILES string of the molecule is COc1nc2ccccc2nc1C(=O)Nc1cccc(Cl)c1. The summed E-state index contributed by atoms with van der Waals surface area (Å²) in [5, 5.41) is 3.27. The smallest absolute Gasteiger partial charge is 0.279 e. The van der Waals surface area contributed by atoms with E-state index in [1.54, 1.807) is 30.3 Å². The van der Waals surface area contributed by atoms with E-state index in [1.165, 1.54) is 7.11 Å². The summed E-state index contributed by atoms with van der Waals surface area (Å²) in [5.74, 6) is -0.226. The number of rotatable bonds is 3. The minimum Gasteiger partial charge on any atom is -0.479 e. The van der Waals surface area contributed by atoms with Crippen molar-refractivity contribution in [2.45, 2.75) is 0 Å². The van der Waals surface area contributed by atoms with Gasteiger partial charge in [0.15, 0.2) is 5.69 Å². The second kappa shape index (κ2) is 5.99. The highest BCUT2D eigenvalue weighted by atomic mass is 35.5. The molecule has 0 atom stereocenters. The van der Waals surface area contributed by atoms with Crippen LogP contribution in [0.4, 0.5) is 5.69 Å². The van der Waals surface area contributed by atoms with Crippen molar-refractivity contribution in [1.29, 1.82) is 0 Å². The number of fused-ring (bicyclic) bond motifs is 1. The Morgan fingerprint density at radius 1 is 1.09 bits per heavy atom. The summed E-state index contributed by atoms with van der Waals surface area (Å²) in [6.45, 7) is 0. The highest BCUT2D eigenvalue weighted by Crippen LogP contribution is 2.21. The van der Waals surface area contributed by atoms with Crippen LogP contribution in [0.5, 0.6) is 5.88 Å². The Morgan fingerprint density at radius 2 is 1.82 bits per heavy atom. The molecule has 0 aliphatic heterocycles. The molecule has 1 aromatic heterocycles. The first kappa shape index (κ1) is 14.3. The first-order valence-corrected chi connectivity index (χ1v) is 6.93. The number of hydrogen-bond acceptors (Lipinski definition) is 4. The Bertz CT molecular complexity index is 852. The molecule has 0 fully saturated rings. The predicted octanol–water partition coefficient (Wildman–Crippen LogP) is 3.54. The first-order valence-electron chi connectivity index (χ1n) is 6.55. The van der Waals surface area contributed by atoms with E-state index >= 15 is 0 Å². The lowest BCUT2D eigenvalue weighted by molar-refractivity contribution is 0.101. The van der Waals surface area contributed by atoms with Crippen LogP contribution in [0.1, 0.15) is 10.5 Å². The quantitative estimate of drug-likeness (QED) is 0.803.